The van der Waals surface area contributed by atoms with Gasteiger partial charge in [0.2, 0.25) is 0 Å². The van der Waals surface area contributed by atoms with Gasteiger partial charge in [0.05, 0.1) is 0 Å². The summed E-state index contributed by atoms with van der Waals surface area (Å²) in [5.74, 6) is -0.582. The second-order valence-corrected chi connectivity index (χ2v) is 5.18. The molecule has 1 rings (SSSR count). The summed E-state index contributed by atoms with van der Waals surface area (Å²) in [5.41, 5.74) is -0.330. The average Bonchev–Trinajstić information content (AvgIpc) is 2.25. The Bertz CT molecular complexity index is 413. The van der Waals surface area contributed by atoms with Gasteiger partial charge in [0.15, 0.2) is 17.7 Å². The molecular weight excluding hydrogens is 233 g/mol. The highest BCUT2D eigenvalue weighted by Crippen LogP contribution is 2.18. The molecule has 1 aromatic carbocycles. The fraction of sp³-hybridized carbons (Fsp3) is 0.500. The first-order valence-electron chi connectivity index (χ1n) is 6.06. The molecule has 0 aromatic heterocycles. The molecule has 0 aliphatic carbocycles. The minimum absolute atomic E-state index is 0.105. The van der Waals surface area contributed by atoms with Crippen LogP contribution in [-0.2, 0) is 4.79 Å². The van der Waals surface area contributed by atoms with E-state index in [-0.39, 0.29) is 17.2 Å². The van der Waals surface area contributed by atoms with Crippen molar-refractivity contribution >= 4 is 5.91 Å². The van der Waals surface area contributed by atoms with Crippen LogP contribution in [0, 0.1) is 5.82 Å². The lowest BCUT2D eigenvalue weighted by atomic mass is 10.1. The van der Waals surface area contributed by atoms with Crippen LogP contribution in [0.15, 0.2) is 24.3 Å². The van der Waals surface area contributed by atoms with Crippen molar-refractivity contribution in [2.24, 2.45) is 0 Å². The third-order valence-electron chi connectivity index (χ3n) is 2.27. The first-order chi connectivity index (χ1) is 8.33. The summed E-state index contributed by atoms with van der Waals surface area (Å²) in [5, 5.41) is 2.82. The zero-order valence-corrected chi connectivity index (χ0v) is 11.3. The minimum Gasteiger partial charge on any atom is -0.478 e. The number of carbonyl (C=O) groups is 1. The van der Waals surface area contributed by atoms with Crippen LogP contribution < -0.4 is 10.1 Å². The van der Waals surface area contributed by atoms with E-state index in [9.17, 15) is 9.18 Å². The normalized spacial score (nSPS) is 12.9. The monoisotopic (exact) mass is 253 g/mol. The second-order valence-electron chi connectivity index (χ2n) is 5.18. The molecule has 0 spiro atoms. The van der Waals surface area contributed by atoms with E-state index in [2.05, 4.69) is 5.32 Å². The van der Waals surface area contributed by atoms with Crippen molar-refractivity contribution < 1.29 is 13.9 Å². The van der Waals surface area contributed by atoms with Gasteiger partial charge in [0, 0.05) is 5.54 Å². The summed E-state index contributed by atoms with van der Waals surface area (Å²) in [6.45, 7) is 7.50. The Balaban J connectivity index is 2.74. The molecule has 100 valence electrons. The molecule has 0 unspecified atom stereocenters. The number of carbonyl (C=O) groups excluding carboxylic acids is 1. The summed E-state index contributed by atoms with van der Waals surface area (Å²) < 4.78 is 18.8. The summed E-state index contributed by atoms with van der Waals surface area (Å²) in [6, 6.07) is 6.08. The van der Waals surface area contributed by atoms with E-state index in [0.29, 0.717) is 6.42 Å². The van der Waals surface area contributed by atoms with Crippen molar-refractivity contribution in [1.29, 1.82) is 0 Å². The summed E-state index contributed by atoms with van der Waals surface area (Å²) in [4.78, 5) is 11.9. The molecule has 0 aliphatic rings. The standard InChI is InChI=1S/C14H20FNO2/c1-5-11(13(17)16-14(2,3)4)18-12-9-7-6-8-10(12)15/h6-9,11H,5H2,1-4H3,(H,16,17)/t11-/m0/s1. The number of para-hydroxylation sites is 1. The van der Waals surface area contributed by atoms with Gasteiger partial charge >= 0.3 is 0 Å². The molecule has 1 amide bonds. The number of amides is 1. The van der Waals surface area contributed by atoms with Gasteiger partial charge in [-0.3, -0.25) is 4.79 Å². The molecule has 1 N–H and O–H groups in total. The fourth-order valence-corrected chi connectivity index (χ4v) is 1.47. The molecule has 3 nitrogen and oxygen atoms in total. The van der Waals surface area contributed by atoms with E-state index in [1.807, 2.05) is 27.7 Å². The van der Waals surface area contributed by atoms with Crippen LogP contribution in [0.5, 0.6) is 5.75 Å². The lowest BCUT2D eigenvalue weighted by molar-refractivity contribution is -0.129. The molecule has 0 bridgehead atoms. The molecule has 18 heavy (non-hydrogen) atoms. The van der Waals surface area contributed by atoms with Crippen molar-refractivity contribution in [1.82, 2.24) is 5.32 Å². The third-order valence-corrected chi connectivity index (χ3v) is 2.27. The highest BCUT2D eigenvalue weighted by atomic mass is 19.1. The van der Waals surface area contributed by atoms with Gasteiger partial charge < -0.3 is 10.1 Å². The average molecular weight is 253 g/mol. The van der Waals surface area contributed by atoms with Crippen LogP contribution >= 0.6 is 0 Å². The molecule has 0 radical (unpaired) electrons. The fourth-order valence-electron chi connectivity index (χ4n) is 1.47. The van der Waals surface area contributed by atoms with Crippen LogP contribution in [-0.4, -0.2) is 17.6 Å². The predicted molar refractivity (Wildman–Crippen MR) is 69.0 cm³/mol. The van der Waals surface area contributed by atoms with Crippen LogP contribution in [0.1, 0.15) is 34.1 Å². The van der Waals surface area contributed by atoms with Crippen LogP contribution in [0.4, 0.5) is 4.39 Å². The van der Waals surface area contributed by atoms with E-state index in [4.69, 9.17) is 4.74 Å². The van der Waals surface area contributed by atoms with Gasteiger partial charge in [-0.1, -0.05) is 19.1 Å². The lowest BCUT2D eigenvalue weighted by Gasteiger charge is -2.25. The number of ether oxygens (including phenoxy) is 1. The Hall–Kier alpha value is -1.58. The van der Waals surface area contributed by atoms with Gasteiger partial charge in [-0.05, 0) is 39.3 Å². The van der Waals surface area contributed by atoms with Crippen molar-refractivity contribution in [3.05, 3.63) is 30.1 Å². The van der Waals surface area contributed by atoms with E-state index in [0.717, 1.165) is 0 Å². The summed E-state index contributed by atoms with van der Waals surface area (Å²) >= 11 is 0. The Morgan fingerprint density at radius 1 is 1.39 bits per heavy atom. The number of halogens is 1. The maximum atomic E-state index is 13.4. The summed E-state index contributed by atoms with van der Waals surface area (Å²) in [7, 11) is 0. The first-order valence-corrected chi connectivity index (χ1v) is 6.06. The third kappa shape index (κ3) is 4.35. The first kappa shape index (κ1) is 14.5. The lowest BCUT2D eigenvalue weighted by Crippen LogP contribution is -2.47. The van der Waals surface area contributed by atoms with E-state index < -0.39 is 11.9 Å². The Morgan fingerprint density at radius 3 is 2.50 bits per heavy atom. The minimum atomic E-state index is -0.680. The number of rotatable bonds is 4. The second kappa shape index (κ2) is 5.85. The largest absolute Gasteiger partial charge is 0.478 e. The molecule has 0 aliphatic heterocycles. The smallest absolute Gasteiger partial charge is 0.261 e. The van der Waals surface area contributed by atoms with E-state index in [1.54, 1.807) is 12.1 Å². The zero-order chi connectivity index (χ0) is 13.8. The van der Waals surface area contributed by atoms with Crippen LogP contribution in [0.3, 0.4) is 0 Å². The van der Waals surface area contributed by atoms with Crippen molar-refractivity contribution in [2.75, 3.05) is 0 Å². The van der Waals surface area contributed by atoms with Crippen molar-refractivity contribution in [2.45, 2.75) is 45.8 Å². The van der Waals surface area contributed by atoms with E-state index in [1.165, 1.54) is 12.1 Å². The number of hydrogen-bond donors (Lipinski definition) is 1. The van der Waals surface area contributed by atoms with Crippen molar-refractivity contribution in [3.8, 4) is 5.75 Å². The zero-order valence-electron chi connectivity index (χ0n) is 11.3. The van der Waals surface area contributed by atoms with Gasteiger partial charge in [0.1, 0.15) is 0 Å². The van der Waals surface area contributed by atoms with Crippen molar-refractivity contribution in [3.63, 3.8) is 0 Å². The van der Waals surface area contributed by atoms with Crippen LogP contribution in [0.2, 0.25) is 0 Å². The highest BCUT2D eigenvalue weighted by Gasteiger charge is 2.23. The van der Waals surface area contributed by atoms with E-state index >= 15 is 0 Å². The highest BCUT2D eigenvalue weighted by molar-refractivity contribution is 5.81. The Kier molecular flexibility index (Phi) is 4.70. The quantitative estimate of drug-likeness (QED) is 0.896. The maximum absolute atomic E-state index is 13.4. The van der Waals surface area contributed by atoms with Gasteiger partial charge in [-0.2, -0.15) is 0 Å². The van der Waals surface area contributed by atoms with Gasteiger partial charge in [-0.15, -0.1) is 0 Å². The van der Waals surface area contributed by atoms with Gasteiger partial charge in [-0.25, -0.2) is 4.39 Å². The number of benzene rings is 1. The molecule has 0 heterocycles. The van der Waals surface area contributed by atoms with Crippen LogP contribution in [0.25, 0.3) is 0 Å². The number of hydrogen-bond acceptors (Lipinski definition) is 2. The molecule has 4 heteroatoms. The topological polar surface area (TPSA) is 38.3 Å². The summed E-state index contributed by atoms with van der Waals surface area (Å²) in [6.07, 6.45) is -0.197. The molecule has 1 atom stereocenters. The Labute approximate surface area is 107 Å². The Morgan fingerprint density at radius 2 is 2.00 bits per heavy atom. The molecule has 0 fully saturated rings. The van der Waals surface area contributed by atoms with Gasteiger partial charge in [0.25, 0.3) is 5.91 Å². The molecule has 1 aromatic rings. The molecule has 0 saturated carbocycles. The number of nitrogens with one attached hydrogen (secondary N) is 1. The SMILES string of the molecule is CC[C@H](Oc1ccccc1F)C(=O)NC(C)(C)C. The predicted octanol–water partition coefficient (Wildman–Crippen LogP) is 2.90. The molecule has 0 saturated heterocycles. The molecular formula is C14H20FNO2. The maximum Gasteiger partial charge on any atom is 0.261 e.